The van der Waals surface area contributed by atoms with Crippen LogP contribution in [-0.2, 0) is 9.53 Å². The standard InChI is InChI=1S/C11H8F7NO2/c1-2-21-10(20)11(17,18)9(19)3-4(12)6(14)8(16)7(15)5(3)13/h9H,2,19H2,1H3/t9-/m1/s1. The Balaban J connectivity index is 3.44. The molecular weight excluding hydrogens is 311 g/mol. The molecule has 0 aliphatic carbocycles. The van der Waals surface area contributed by atoms with E-state index in [-0.39, 0.29) is 0 Å². The minimum absolute atomic E-state index is 0.502. The summed E-state index contributed by atoms with van der Waals surface area (Å²) in [5.41, 5.74) is 2.81. The van der Waals surface area contributed by atoms with Crippen LogP contribution in [0.25, 0.3) is 0 Å². The smallest absolute Gasteiger partial charge is 0.379 e. The molecule has 0 unspecified atom stereocenters. The van der Waals surface area contributed by atoms with E-state index in [1.165, 1.54) is 0 Å². The lowest BCUT2D eigenvalue weighted by atomic mass is 9.99. The Morgan fingerprint density at radius 2 is 1.43 bits per heavy atom. The second kappa shape index (κ2) is 5.88. The summed E-state index contributed by atoms with van der Waals surface area (Å²) in [5.74, 6) is -19.4. The van der Waals surface area contributed by atoms with Gasteiger partial charge in [-0.15, -0.1) is 0 Å². The van der Waals surface area contributed by atoms with E-state index in [1.807, 2.05) is 0 Å². The molecule has 0 heterocycles. The van der Waals surface area contributed by atoms with Crippen molar-refractivity contribution in [2.75, 3.05) is 6.61 Å². The molecule has 1 aromatic rings. The second-order valence-electron chi connectivity index (χ2n) is 3.80. The molecule has 2 N–H and O–H groups in total. The van der Waals surface area contributed by atoms with E-state index < -0.39 is 59.2 Å². The highest BCUT2D eigenvalue weighted by Crippen LogP contribution is 2.35. The van der Waals surface area contributed by atoms with Crippen LogP contribution in [0.15, 0.2) is 0 Å². The van der Waals surface area contributed by atoms with E-state index in [0.717, 1.165) is 6.92 Å². The lowest BCUT2D eigenvalue weighted by molar-refractivity contribution is -0.175. The fourth-order valence-electron chi connectivity index (χ4n) is 1.43. The summed E-state index contributed by atoms with van der Waals surface area (Å²) in [5, 5.41) is 0. The molecule has 0 radical (unpaired) electrons. The predicted octanol–water partition coefficient (Wildman–Crippen LogP) is 2.58. The fourth-order valence-corrected chi connectivity index (χ4v) is 1.43. The van der Waals surface area contributed by atoms with Crippen LogP contribution in [0.2, 0.25) is 0 Å². The van der Waals surface area contributed by atoms with Crippen LogP contribution in [0, 0.1) is 29.1 Å². The van der Waals surface area contributed by atoms with E-state index in [1.54, 1.807) is 0 Å². The first-order valence-electron chi connectivity index (χ1n) is 5.39. The van der Waals surface area contributed by atoms with Gasteiger partial charge in [0.2, 0.25) is 5.82 Å². The quantitative estimate of drug-likeness (QED) is 0.402. The Kier molecular flexibility index (Phi) is 4.82. The van der Waals surface area contributed by atoms with Crippen LogP contribution >= 0.6 is 0 Å². The van der Waals surface area contributed by atoms with Gasteiger partial charge in [-0.2, -0.15) is 8.78 Å². The van der Waals surface area contributed by atoms with Gasteiger partial charge in [-0.3, -0.25) is 0 Å². The first kappa shape index (κ1) is 17.2. The molecule has 1 rings (SSSR count). The normalized spacial score (nSPS) is 13.2. The molecular formula is C11H8F7NO2. The van der Waals surface area contributed by atoms with Crippen molar-refractivity contribution in [3.63, 3.8) is 0 Å². The van der Waals surface area contributed by atoms with Gasteiger partial charge in [-0.05, 0) is 6.92 Å². The van der Waals surface area contributed by atoms with Crippen LogP contribution in [0.5, 0.6) is 0 Å². The van der Waals surface area contributed by atoms with Gasteiger partial charge in [0, 0.05) is 0 Å². The van der Waals surface area contributed by atoms with Crippen molar-refractivity contribution in [1.82, 2.24) is 0 Å². The number of nitrogens with two attached hydrogens (primary N) is 1. The van der Waals surface area contributed by atoms with Gasteiger partial charge < -0.3 is 10.5 Å². The summed E-state index contributed by atoms with van der Waals surface area (Å²) in [4.78, 5) is 11.0. The summed E-state index contributed by atoms with van der Waals surface area (Å²) < 4.78 is 96.3. The molecule has 0 amide bonds. The van der Waals surface area contributed by atoms with Gasteiger partial charge >= 0.3 is 11.9 Å². The Bertz CT molecular complexity index is 547. The van der Waals surface area contributed by atoms with Crippen LogP contribution in [-0.4, -0.2) is 18.5 Å². The lowest BCUT2D eigenvalue weighted by Crippen LogP contribution is -2.43. The van der Waals surface area contributed by atoms with Crippen LogP contribution in [0.4, 0.5) is 30.7 Å². The number of ether oxygens (including phenoxy) is 1. The molecule has 0 spiro atoms. The van der Waals surface area contributed by atoms with Gasteiger partial charge in [0.1, 0.15) is 6.04 Å². The van der Waals surface area contributed by atoms with Crippen molar-refractivity contribution < 1.29 is 40.3 Å². The lowest BCUT2D eigenvalue weighted by Gasteiger charge is -2.23. The van der Waals surface area contributed by atoms with Gasteiger partial charge in [0.05, 0.1) is 12.2 Å². The predicted molar refractivity (Wildman–Crippen MR) is 54.7 cm³/mol. The van der Waals surface area contributed by atoms with Crippen molar-refractivity contribution in [2.24, 2.45) is 5.73 Å². The SMILES string of the molecule is CCOC(=O)C(F)(F)[C@H](N)c1c(F)c(F)c(F)c(F)c1F. The minimum Gasteiger partial charge on any atom is -0.462 e. The maximum absolute atomic E-state index is 13.5. The van der Waals surface area contributed by atoms with Crippen molar-refractivity contribution in [3.05, 3.63) is 34.6 Å². The summed E-state index contributed by atoms with van der Waals surface area (Å²) in [6, 6.07) is -3.11. The number of alkyl halides is 2. The summed E-state index contributed by atoms with van der Waals surface area (Å²) in [6.45, 7) is 0.663. The molecule has 118 valence electrons. The van der Waals surface area contributed by atoms with Crippen LogP contribution in [0.3, 0.4) is 0 Å². The van der Waals surface area contributed by atoms with Crippen LogP contribution in [0.1, 0.15) is 18.5 Å². The number of rotatable bonds is 4. The van der Waals surface area contributed by atoms with E-state index in [4.69, 9.17) is 5.73 Å². The van der Waals surface area contributed by atoms with Crippen LogP contribution < -0.4 is 5.73 Å². The molecule has 0 aliphatic rings. The monoisotopic (exact) mass is 319 g/mol. The van der Waals surface area contributed by atoms with E-state index in [9.17, 15) is 35.5 Å². The van der Waals surface area contributed by atoms with E-state index >= 15 is 0 Å². The topological polar surface area (TPSA) is 52.3 Å². The first-order chi connectivity index (χ1) is 9.57. The molecule has 0 saturated heterocycles. The third-order valence-electron chi connectivity index (χ3n) is 2.49. The molecule has 3 nitrogen and oxygen atoms in total. The average molecular weight is 319 g/mol. The van der Waals surface area contributed by atoms with Gasteiger partial charge in [0.25, 0.3) is 0 Å². The maximum atomic E-state index is 13.5. The van der Waals surface area contributed by atoms with Gasteiger partial charge in [0.15, 0.2) is 23.3 Å². The van der Waals surface area contributed by atoms with Crippen molar-refractivity contribution in [1.29, 1.82) is 0 Å². The number of esters is 1. The zero-order valence-electron chi connectivity index (χ0n) is 10.3. The molecule has 10 heteroatoms. The maximum Gasteiger partial charge on any atom is 0.379 e. The largest absolute Gasteiger partial charge is 0.462 e. The highest BCUT2D eigenvalue weighted by atomic mass is 19.3. The Hall–Kier alpha value is -1.84. The highest BCUT2D eigenvalue weighted by molar-refractivity contribution is 5.78. The zero-order chi connectivity index (χ0) is 16.5. The van der Waals surface area contributed by atoms with Gasteiger partial charge in [-0.25, -0.2) is 26.7 Å². The molecule has 0 aliphatic heterocycles. The van der Waals surface area contributed by atoms with Crippen molar-refractivity contribution in [3.8, 4) is 0 Å². The molecule has 0 bridgehead atoms. The fraction of sp³-hybridized carbons (Fsp3) is 0.364. The molecule has 0 fully saturated rings. The zero-order valence-corrected chi connectivity index (χ0v) is 10.3. The van der Waals surface area contributed by atoms with Crippen molar-refractivity contribution >= 4 is 5.97 Å². The second-order valence-corrected chi connectivity index (χ2v) is 3.80. The number of hydrogen-bond acceptors (Lipinski definition) is 3. The highest BCUT2D eigenvalue weighted by Gasteiger charge is 2.50. The Morgan fingerprint density at radius 1 is 1.05 bits per heavy atom. The number of hydrogen-bond donors (Lipinski definition) is 1. The van der Waals surface area contributed by atoms with E-state index in [0.29, 0.717) is 0 Å². The Labute approximate surface area is 113 Å². The number of carbonyl (C=O) groups excluding carboxylic acids is 1. The molecule has 1 atom stereocenters. The summed E-state index contributed by atoms with van der Waals surface area (Å²) in [7, 11) is 0. The Morgan fingerprint density at radius 3 is 1.81 bits per heavy atom. The van der Waals surface area contributed by atoms with Crippen molar-refractivity contribution in [2.45, 2.75) is 18.9 Å². The number of carbonyl (C=O) groups is 1. The van der Waals surface area contributed by atoms with E-state index in [2.05, 4.69) is 4.74 Å². The molecule has 1 aromatic carbocycles. The first-order valence-corrected chi connectivity index (χ1v) is 5.39. The minimum atomic E-state index is -4.69. The molecule has 21 heavy (non-hydrogen) atoms. The third-order valence-corrected chi connectivity index (χ3v) is 2.49. The molecule has 0 aromatic heterocycles. The average Bonchev–Trinajstić information content (AvgIpc) is 2.43. The molecule has 0 saturated carbocycles. The summed E-state index contributed by atoms with van der Waals surface area (Å²) in [6.07, 6.45) is 0. The van der Waals surface area contributed by atoms with Gasteiger partial charge in [-0.1, -0.05) is 0 Å². The third kappa shape index (κ3) is 2.80. The number of halogens is 7. The number of benzene rings is 1. The summed E-state index contributed by atoms with van der Waals surface area (Å²) >= 11 is 0.